The Kier molecular flexibility index (Phi) is 3.93. The average molecular weight is 256 g/mol. The quantitative estimate of drug-likeness (QED) is 0.893. The second kappa shape index (κ2) is 4.87. The molecule has 0 atom stereocenters. The molecule has 17 heavy (non-hydrogen) atoms. The third-order valence-electron chi connectivity index (χ3n) is 2.68. The number of benzene rings is 1. The largest absolute Gasteiger partial charge is 0.478 e. The first-order valence-corrected chi connectivity index (χ1v) is 7.30. The van der Waals surface area contributed by atoms with Crippen LogP contribution in [-0.4, -0.2) is 25.7 Å². The summed E-state index contributed by atoms with van der Waals surface area (Å²) in [5.41, 5.74) is 1.15. The number of carboxylic acids is 1. The molecule has 0 fully saturated rings. The van der Waals surface area contributed by atoms with Crippen molar-refractivity contribution in [2.45, 2.75) is 31.6 Å². The number of hydrogen-bond donors (Lipinski definition) is 1. The van der Waals surface area contributed by atoms with Crippen LogP contribution in [-0.2, 0) is 22.7 Å². The maximum absolute atomic E-state index is 11.8. The molecule has 0 bridgehead atoms. The van der Waals surface area contributed by atoms with Crippen LogP contribution in [0.5, 0.6) is 0 Å². The molecule has 94 valence electrons. The van der Waals surface area contributed by atoms with Crippen LogP contribution in [0.2, 0.25) is 0 Å². The maximum atomic E-state index is 11.8. The van der Waals surface area contributed by atoms with Crippen molar-refractivity contribution in [1.29, 1.82) is 0 Å². The molecule has 0 aliphatic heterocycles. The van der Waals surface area contributed by atoms with Crippen molar-refractivity contribution in [3.63, 3.8) is 0 Å². The van der Waals surface area contributed by atoms with E-state index in [0.717, 1.165) is 6.26 Å². The second-order valence-corrected chi connectivity index (χ2v) is 5.82. The second-order valence-electron chi connectivity index (χ2n) is 3.86. The summed E-state index contributed by atoms with van der Waals surface area (Å²) >= 11 is 0. The van der Waals surface area contributed by atoms with Gasteiger partial charge >= 0.3 is 5.97 Å². The molecule has 1 aromatic carbocycles. The Balaban J connectivity index is 3.73. The highest BCUT2D eigenvalue weighted by atomic mass is 32.2. The summed E-state index contributed by atoms with van der Waals surface area (Å²) in [6, 6.07) is 3.06. The van der Waals surface area contributed by atoms with Gasteiger partial charge in [-0.3, -0.25) is 0 Å². The number of sulfone groups is 1. The van der Waals surface area contributed by atoms with Crippen LogP contribution < -0.4 is 0 Å². The summed E-state index contributed by atoms with van der Waals surface area (Å²) in [6.45, 7) is 3.61. The number of aromatic carboxylic acids is 1. The fraction of sp³-hybridized carbons (Fsp3) is 0.417. The molecule has 0 unspecified atom stereocenters. The first-order valence-electron chi connectivity index (χ1n) is 5.41. The number of aryl methyl sites for hydroxylation is 1. The maximum Gasteiger partial charge on any atom is 0.336 e. The summed E-state index contributed by atoms with van der Waals surface area (Å²) in [4.78, 5) is 11.2. The Hall–Kier alpha value is -1.36. The molecular formula is C12H16O4S. The van der Waals surface area contributed by atoms with Crippen LogP contribution in [0, 0.1) is 0 Å². The summed E-state index contributed by atoms with van der Waals surface area (Å²) in [6.07, 6.45) is 2.07. The number of hydrogen-bond acceptors (Lipinski definition) is 3. The normalized spacial score (nSPS) is 11.5. The Labute approximate surface area is 101 Å². The highest BCUT2D eigenvalue weighted by Crippen LogP contribution is 2.25. The minimum absolute atomic E-state index is 0.0742. The van der Waals surface area contributed by atoms with Crippen LogP contribution in [0.15, 0.2) is 17.0 Å². The fourth-order valence-electron chi connectivity index (χ4n) is 1.97. The lowest BCUT2D eigenvalue weighted by atomic mass is 10.0. The predicted octanol–water partition coefficient (Wildman–Crippen LogP) is 1.91. The van der Waals surface area contributed by atoms with E-state index < -0.39 is 15.8 Å². The Bertz CT molecular complexity index is 544. The van der Waals surface area contributed by atoms with Gasteiger partial charge in [-0.05, 0) is 30.0 Å². The van der Waals surface area contributed by atoms with Gasteiger partial charge in [0.15, 0.2) is 9.84 Å². The molecule has 0 aromatic heterocycles. The SMILES string of the molecule is CCc1ccc(C(=O)O)c(CC)c1S(C)(=O)=O. The lowest BCUT2D eigenvalue weighted by Crippen LogP contribution is -2.12. The van der Waals surface area contributed by atoms with E-state index in [2.05, 4.69) is 0 Å². The van der Waals surface area contributed by atoms with E-state index in [1.54, 1.807) is 13.0 Å². The number of carboxylic acid groups (broad SMARTS) is 1. The summed E-state index contributed by atoms with van der Waals surface area (Å²) in [5.74, 6) is -1.09. The van der Waals surface area contributed by atoms with Crippen molar-refractivity contribution in [3.05, 3.63) is 28.8 Å². The van der Waals surface area contributed by atoms with Gasteiger partial charge in [-0.1, -0.05) is 19.9 Å². The van der Waals surface area contributed by atoms with Crippen LogP contribution in [0.4, 0.5) is 0 Å². The Morgan fingerprint density at radius 3 is 2.18 bits per heavy atom. The minimum atomic E-state index is -3.41. The van der Waals surface area contributed by atoms with E-state index in [1.165, 1.54) is 6.07 Å². The molecule has 0 aliphatic rings. The molecule has 0 saturated carbocycles. The van der Waals surface area contributed by atoms with Crippen LogP contribution in [0.1, 0.15) is 35.3 Å². The van der Waals surface area contributed by atoms with Gasteiger partial charge in [-0.25, -0.2) is 13.2 Å². The van der Waals surface area contributed by atoms with E-state index in [9.17, 15) is 13.2 Å². The molecule has 0 heterocycles. The van der Waals surface area contributed by atoms with E-state index in [4.69, 9.17) is 5.11 Å². The van der Waals surface area contributed by atoms with Crippen molar-refractivity contribution in [1.82, 2.24) is 0 Å². The zero-order valence-electron chi connectivity index (χ0n) is 10.1. The third kappa shape index (κ3) is 2.66. The smallest absolute Gasteiger partial charge is 0.336 e. The average Bonchev–Trinajstić information content (AvgIpc) is 2.25. The first-order chi connectivity index (χ1) is 7.82. The van der Waals surface area contributed by atoms with Gasteiger partial charge in [0.05, 0.1) is 10.5 Å². The molecule has 1 aromatic rings. The standard InChI is InChI=1S/C12H16O4S/c1-4-8-6-7-10(12(13)14)9(5-2)11(8)17(3,15)16/h6-7H,4-5H2,1-3H3,(H,13,14). The molecule has 0 saturated heterocycles. The molecule has 0 aliphatic carbocycles. The third-order valence-corrected chi connectivity index (χ3v) is 3.93. The van der Waals surface area contributed by atoms with E-state index in [0.29, 0.717) is 24.0 Å². The molecule has 0 spiro atoms. The zero-order chi connectivity index (χ0) is 13.2. The molecule has 1 N–H and O–H groups in total. The highest BCUT2D eigenvalue weighted by molar-refractivity contribution is 7.90. The van der Waals surface area contributed by atoms with Crippen molar-refractivity contribution < 1.29 is 18.3 Å². The van der Waals surface area contributed by atoms with Gasteiger partial charge < -0.3 is 5.11 Å². The fourth-order valence-corrected chi connectivity index (χ4v) is 3.36. The Morgan fingerprint density at radius 2 is 1.82 bits per heavy atom. The first kappa shape index (κ1) is 13.7. The van der Waals surface area contributed by atoms with E-state index in [-0.39, 0.29) is 10.5 Å². The van der Waals surface area contributed by atoms with Gasteiger partial charge in [0.2, 0.25) is 0 Å². The van der Waals surface area contributed by atoms with Crippen molar-refractivity contribution in [2.24, 2.45) is 0 Å². The van der Waals surface area contributed by atoms with Crippen molar-refractivity contribution in [3.8, 4) is 0 Å². The van der Waals surface area contributed by atoms with Crippen LogP contribution >= 0.6 is 0 Å². The van der Waals surface area contributed by atoms with Gasteiger partial charge in [0.25, 0.3) is 0 Å². The van der Waals surface area contributed by atoms with Crippen molar-refractivity contribution >= 4 is 15.8 Å². The molecule has 5 heteroatoms. The molecule has 0 radical (unpaired) electrons. The van der Waals surface area contributed by atoms with Crippen molar-refractivity contribution in [2.75, 3.05) is 6.26 Å². The van der Waals surface area contributed by atoms with Gasteiger partial charge in [-0.2, -0.15) is 0 Å². The highest BCUT2D eigenvalue weighted by Gasteiger charge is 2.22. The molecule has 1 rings (SSSR count). The molecule has 0 amide bonds. The predicted molar refractivity (Wildman–Crippen MR) is 65.3 cm³/mol. The summed E-state index contributed by atoms with van der Waals surface area (Å²) in [7, 11) is -3.41. The molecular weight excluding hydrogens is 240 g/mol. The van der Waals surface area contributed by atoms with Crippen LogP contribution in [0.25, 0.3) is 0 Å². The van der Waals surface area contributed by atoms with E-state index in [1.807, 2.05) is 6.92 Å². The number of carbonyl (C=O) groups is 1. The van der Waals surface area contributed by atoms with Crippen LogP contribution in [0.3, 0.4) is 0 Å². The molecule has 4 nitrogen and oxygen atoms in total. The summed E-state index contributed by atoms with van der Waals surface area (Å²) in [5, 5.41) is 9.06. The lowest BCUT2D eigenvalue weighted by Gasteiger charge is -2.13. The minimum Gasteiger partial charge on any atom is -0.478 e. The lowest BCUT2D eigenvalue weighted by molar-refractivity contribution is 0.0695. The topological polar surface area (TPSA) is 71.4 Å². The van der Waals surface area contributed by atoms with Gasteiger partial charge in [0.1, 0.15) is 0 Å². The monoisotopic (exact) mass is 256 g/mol. The van der Waals surface area contributed by atoms with E-state index >= 15 is 0 Å². The number of rotatable bonds is 4. The summed E-state index contributed by atoms with van der Waals surface area (Å²) < 4.78 is 23.5. The zero-order valence-corrected chi connectivity index (χ0v) is 11.0. The Morgan fingerprint density at radius 1 is 1.24 bits per heavy atom. The van der Waals surface area contributed by atoms with Gasteiger partial charge in [-0.15, -0.1) is 0 Å². The van der Waals surface area contributed by atoms with Gasteiger partial charge in [0, 0.05) is 6.26 Å².